The summed E-state index contributed by atoms with van der Waals surface area (Å²) in [7, 11) is 1.39. The molecule has 1 aromatic heterocycles. The number of hydrogen-bond acceptors (Lipinski definition) is 4. The zero-order valence-corrected chi connectivity index (χ0v) is 14.7. The molecule has 0 saturated heterocycles. The summed E-state index contributed by atoms with van der Waals surface area (Å²) in [6.45, 7) is 2.86. The number of methoxy groups -OCH3 is 1. The van der Waals surface area contributed by atoms with Crippen LogP contribution in [0.4, 0.5) is 0 Å². The van der Waals surface area contributed by atoms with Crippen LogP contribution in [-0.2, 0) is 9.53 Å². The average molecular weight is 335 g/mol. The molecule has 1 aliphatic carbocycles. The number of hydrogen-bond donors (Lipinski definition) is 0. The molecule has 0 bridgehead atoms. The second kappa shape index (κ2) is 8.87. The van der Waals surface area contributed by atoms with Crippen LogP contribution < -0.4 is 0 Å². The quantitative estimate of drug-likeness (QED) is 0.561. The Balaban J connectivity index is 2.02. The van der Waals surface area contributed by atoms with E-state index in [-0.39, 0.29) is 17.8 Å². The van der Waals surface area contributed by atoms with Gasteiger partial charge in [0.1, 0.15) is 0 Å². The minimum Gasteiger partial charge on any atom is -0.469 e. The van der Waals surface area contributed by atoms with Gasteiger partial charge >= 0.3 is 5.97 Å². The van der Waals surface area contributed by atoms with E-state index >= 15 is 0 Å². The fourth-order valence-electron chi connectivity index (χ4n) is 2.85. The number of amides is 1. The summed E-state index contributed by atoms with van der Waals surface area (Å²) in [5, 5.41) is 1.90. The number of allylic oxidation sites excluding steroid dienone is 1. The molecule has 0 spiro atoms. The third kappa shape index (κ3) is 5.20. The minimum absolute atomic E-state index is 0.00663. The van der Waals surface area contributed by atoms with Crippen molar-refractivity contribution in [2.75, 3.05) is 20.2 Å². The molecule has 23 heavy (non-hydrogen) atoms. The maximum absolute atomic E-state index is 12.7. The Kier molecular flexibility index (Phi) is 6.84. The van der Waals surface area contributed by atoms with Gasteiger partial charge in [-0.3, -0.25) is 9.59 Å². The molecule has 1 atom stereocenters. The second-order valence-electron chi connectivity index (χ2n) is 6.01. The van der Waals surface area contributed by atoms with Gasteiger partial charge in [0.2, 0.25) is 0 Å². The van der Waals surface area contributed by atoms with E-state index in [0.29, 0.717) is 13.1 Å². The first-order valence-corrected chi connectivity index (χ1v) is 9.08. The third-order valence-corrected chi connectivity index (χ3v) is 5.06. The summed E-state index contributed by atoms with van der Waals surface area (Å²) in [5.74, 6) is -0.581. The predicted octanol–water partition coefficient (Wildman–Crippen LogP) is 3.89. The monoisotopic (exact) mass is 335 g/mol. The second-order valence-corrected chi connectivity index (χ2v) is 6.96. The first kappa shape index (κ1) is 17.7. The lowest BCUT2D eigenvalue weighted by Gasteiger charge is -2.25. The van der Waals surface area contributed by atoms with E-state index in [0.717, 1.165) is 24.1 Å². The van der Waals surface area contributed by atoms with Gasteiger partial charge in [0, 0.05) is 13.1 Å². The van der Waals surface area contributed by atoms with Crippen LogP contribution in [0.5, 0.6) is 0 Å². The van der Waals surface area contributed by atoms with Crippen LogP contribution in [0.2, 0.25) is 0 Å². The standard InChI is InChI=1S/C18H25NO3S/c1-14(18(21)22-2)13-19(17(20)16-9-6-12-23-16)11-10-15-7-4-3-5-8-15/h6-7,9,12,14H,3-5,8,10-11,13H2,1-2H3. The molecule has 1 aliphatic rings. The fourth-order valence-corrected chi connectivity index (χ4v) is 3.54. The molecule has 0 fully saturated rings. The summed E-state index contributed by atoms with van der Waals surface area (Å²) < 4.78 is 4.79. The maximum atomic E-state index is 12.7. The van der Waals surface area contributed by atoms with Gasteiger partial charge < -0.3 is 9.64 Å². The predicted molar refractivity (Wildman–Crippen MR) is 92.6 cm³/mol. The van der Waals surface area contributed by atoms with Crippen molar-refractivity contribution in [3.8, 4) is 0 Å². The van der Waals surface area contributed by atoms with Crippen LogP contribution in [-0.4, -0.2) is 37.0 Å². The van der Waals surface area contributed by atoms with Crippen molar-refractivity contribution in [3.63, 3.8) is 0 Å². The molecule has 0 saturated carbocycles. The molecule has 0 radical (unpaired) electrons. The molecule has 1 amide bonds. The Morgan fingerprint density at radius 3 is 2.83 bits per heavy atom. The average Bonchev–Trinajstić information content (AvgIpc) is 3.12. The molecular weight excluding hydrogens is 310 g/mol. The third-order valence-electron chi connectivity index (χ3n) is 4.20. The van der Waals surface area contributed by atoms with Gasteiger partial charge in [0.05, 0.1) is 17.9 Å². The van der Waals surface area contributed by atoms with Crippen LogP contribution in [0.15, 0.2) is 29.2 Å². The Bertz CT molecular complexity index is 551. The summed E-state index contributed by atoms with van der Waals surface area (Å²) >= 11 is 1.44. The normalized spacial score (nSPS) is 15.7. The molecule has 126 valence electrons. The van der Waals surface area contributed by atoms with Crippen molar-refractivity contribution in [1.82, 2.24) is 4.90 Å². The Morgan fingerprint density at radius 1 is 1.39 bits per heavy atom. The Morgan fingerprint density at radius 2 is 2.22 bits per heavy atom. The van der Waals surface area contributed by atoms with E-state index < -0.39 is 0 Å². The van der Waals surface area contributed by atoms with Crippen LogP contribution in [0.1, 0.15) is 48.7 Å². The van der Waals surface area contributed by atoms with Crippen molar-refractivity contribution >= 4 is 23.2 Å². The number of carbonyl (C=O) groups excluding carboxylic acids is 2. The zero-order chi connectivity index (χ0) is 16.7. The molecule has 5 heteroatoms. The van der Waals surface area contributed by atoms with Crippen LogP contribution >= 0.6 is 11.3 Å². The first-order chi connectivity index (χ1) is 11.1. The summed E-state index contributed by atoms with van der Waals surface area (Å²) in [5.41, 5.74) is 1.44. The number of esters is 1. The van der Waals surface area contributed by atoms with Crippen molar-refractivity contribution in [1.29, 1.82) is 0 Å². The molecule has 0 aromatic carbocycles. The van der Waals surface area contributed by atoms with Crippen molar-refractivity contribution in [2.45, 2.75) is 39.0 Å². The highest BCUT2D eigenvalue weighted by atomic mass is 32.1. The SMILES string of the molecule is COC(=O)C(C)CN(CCC1=CCCCC1)C(=O)c1cccs1. The number of thiophene rings is 1. The van der Waals surface area contributed by atoms with Gasteiger partial charge in [-0.2, -0.15) is 0 Å². The minimum atomic E-state index is -0.316. The summed E-state index contributed by atoms with van der Waals surface area (Å²) in [6.07, 6.45) is 7.98. The lowest BCUT2D eigenvalue weighted by molar-refractivity contribution is -0.145. The molecule has 1 unspecified atom stereocenters. The lowest BCUT2D eigenvalue weighted by Crippen LogP contribution is -2.37. The molecular formula is C18H25NO3S. The Labute approximate surface area is 142 Å². The zero-order valence-electron chi connectivity index (χ0n) is 13.9. The van der Waals surface area contributed by atoms with Gasteiger partial charge in [-0.05, 0) is 43.6 Å². The van der Waals surface area contributed by atoms with Crippen molar-refractivity contribution in [2.24, 2.45) is 5.92 Å². The number of carbonyl (C=O) groups is 2. The molecule has 4 nitrogen and oxygen atoms in total. The maximum Gasteiger partial charge on any atom is 0.310 e. The van der Waals surface area contributed by atoms with E-state index in [2.05, 4.69) is 6.08 Å². The van der Waals surface area contributed by atoms with E-state index in [1.807, 2.05) is 17.5 Å². The van der Waals surface area contributed by atoms with Gasteiger partial charge in [-0.15, -0.1) is 11.3 Å². The van der Waals surface area contributed by atoms with Crippen molar-refractivity contribution in [3.05, 3.63) is 34.0 Å². The number of ether oxygens (including phenoxy) is 1. The number of nitrogens with zero attached hydrogens (tertiary/aromatic N) is 1. The van der Waals surface area contributed by atoms with Crippen LogP contribution in [0.3, 0.4) is 0 Å². The van der Waals surface area contributed by atoms with Crippen LogP contribution in [0.25, 0.3) is 0 Å². The number of rotatable bonds is 7. The molecule has 2 rings (SSSR count). The summed E-state index contributed by atoms with van der Waals surface area (Å²) in [6, 6.07) is 3.71. The van der Waals surface area contributed by atoms with Gasteiger partial charge in [0.25, 0.3) is 5.91 Å². The Hall–Kier alpha value is -1.62. The van der Waals surface area contributed by atoms with Crippen molar-refractivity contribution < 1.29 is 14.3 Å². The lowest BCUT2D eigenvalue weighted by atomic mass is 9.97. The smallest absolute Gasteiger partial charge is 0.310 e. The molecule has 1 heterocycles. The van der Waals surface area contributed by atoms with E-state index in [4.69, 9.17) is 4.74 Å². The van der Waals surface area contributed by atoms with Gasteiger partial charge in [0.15, 0.2) is 0 Å². The largest absolute Gasteiger partial charge is 0.469 e. The molecule has 1 aromatic rings. The summed E-state index contributed by atoms with van der Waals surface area (Å²) in [4.78, 5) is 26.9. The highest BCUT2D eigenvalue weighted by Crippen LogP contribution is 2.21. The molecule has 0 N–H and O–H groups in total. The van der Waals surface area contributed by atoms with Gasteiger partial charge in [-0.25, -0.2) is 0 Å². The van der Waals surface area contributed by atoms with Gasteiger partial charge in [-0.1, -0.05) is 24.6 Å². The first-order valence-electron chi connectivity index (χ1n) is 8.20. The van der Waals surface area contributed by atoms with E-state index in [1.54, 1.807) is 11.8 Å². The fraction of sp³-hybridized carbons (Fsp3) is 0.556. The highest BCUT2D eigenvalue weighted by Gasteiger charge is 2.23. The van der Waals surface area contributed by atoms with Crippen LogP contribution in [0, 0.1) is 5.92 Å². The topological polar surface area (TPSA) is 46.6 Å². The highest BCUT2D eigenvalue weighted by molar-refractivity contribution is 7.12. The van der Waals surface area contributed by atoms with E-state index in [9.17, 15) is 9.59 Å². The van der Waals surface area contributed by atoms with E-state index in [1.165, 1.54) is 36.9 Å². The molecule has 0 aliphatic heterocycles.